The van der Waals surface area contributed by atoms with Gasteiger partial charge in [0.1, 0.15) is 0 Å². The van der Waals surface area contributed by atoms with Crippen molar-refractivity contribution in [2.75, 3.05) is 6.23 Å². The maximum absolute atomic E-state index is 8.75. The van der Waals surface area contributed by atoms with Crippen molar-refractivity contribution < 1.29 is 5.11 Å². The fourth-order valence-electron chi connectivity index (χ4n) is 3.01. The molecule has 0 aromatic heterocycles. The number of unbranched alkanes of at least 4 members (excludes halogenated alkanes) is 15. The van der Waals surface area contributed by atoms with E-state index in [-0.39, 0.29) is 9.52 Å². The summed E-state index contributed by atoms with van der Waals surface area (Å²) in [6.45, 7) is 2.29. The average Bonchev–Trinajstić information content (AvgIpc) is 2.50. The van der Waals surface area contributed by atoms with Crippen LogP contribution in [-0.2, 0) is 0 Å². The van der Waals surface area contributed by atoms with Gasteiger partial charge in [-0.05, 0) is 0 Å². The molecule has 0 aromatic rings. The summed E-state index contributed by atoms with van der Waals surface area (Å²) < 4.78 is 0. The lowest BCUT2D eigenvalue weighted by Crippen LogP contribution is -1.95. The van der Waals surface area contributed by atoms with Gasteiger partial charge in [-0.1, -0.05) is 116 Å². The van der Waals surface area contributed by atoms with Gasteiger partial charge in [0.15, 0.2) is 0 Å². The van der Waals surface area contributed by atoms with Gasteiger partial charge in [-0.2, -0.15) is 0 Å². The molecule has 0 atom stereocenters. The lowest BCUT2D eigenvalue weighted by Gasteiger charge is -2.03. The Kier molecular flexibility index (Phi) is 20.3. The summed E-state index contributed by atoms with van der Waals surface area (Å²) in [6.07, 6.45) is 23.6. The van der Waals surface area contributed by atoms with Crippen molar-refractivity contribution in [1.82, 2.24) is 0 Å². The van der Waals surface area contributed by atoms with Crippen LogP contribution in [0.1, 0.15) is 110 Å². The second kappa shape index (κ2) is 20.2. The SMILES string of the molecule is CCCCCCCCCCCCCCCCCC[SiH2]CO. The van der Waals surface area contributed by atoms with E-state index in [9.17, 15) is 0 Å². The number of aliphatic hydroxyl groups excluding tert-OH is 1. The number of aliphatic hydroxyl groups is 1. The monoisotopic (exact) mass is 314 g/mol. The molecule has 0 saturated carbocycles. The minimum absolute atomic E-state index is 0.0874. The van der Waals surface area contributed by atoms with Gasteiger partial charge in [0.25, 0.3) is 0 Å². The van der Waals surface area contributed by atoms with Crippen LogP contribution < -0.4 is 0 Å². The molecule has 1 nitrogen and oxygen atoms in total. The van der Waals surface area contributed by atoms with Crippen molar-refractivity contribution in [2.45, 2.75) is 116 Å². The summed E-state index contributed by atoms with van der Waals surface area (Å²) in [4.78, 5) is 0. The molecule has 0 aliphatic heterocycles. The summed E-state index contributed by atoms with van der Waals surface area (Å²) in [5.74, 6) is 0. The van der Waals surface area contributed by atoms with Crippen LogP contribution in [0.3, 0.4) is 0 Å². The Morgan fingerprint density at radius 3 is 1.19 bits per heavy atom. The van der Waals surface area contributed by atoms with Gasteiger partial charge >= 0.3 is 0 Å². The topological polar surface area (TPSA) is 20.2 Å². The molecule has 0 radical (unpaired) electrons. The summed E-state index contributed by atoms with van der Waals surface area (Å²) in [5.41, 5.74) is 0. The van der Waals surface area contributed by atoms with Gasteiger partial charge in [0.2, 0.25) is 0 Å². The van der Waals surface area contributed by atoms with Gasteiger partial charge in [-0.3, -0.25) is 0 Å². The van der Waals surface area contributed by atoms with Gasteiger partial charge in [0, 0.05) is 6.23 Å². The molecule has 0 unspecified atom stereocenters. The highest BCUT2D eigenvalue weighted by Crippen LogP contribution is 2.13. The average molecular weight is 315 g/mol. The Morgan fingerprint density at radius 1 is 0.524 bits per heavy atom. The highest BCUT2D eigenvalue weighted by molar-refractivity contribution is 6.34. The minimum Gasteiger partial charge on any atom is -0.400 e. The van der Waals surface area contributed by atoms with Crippen LogP contribution >= 0.6 is 0 Å². The van der Waals surface area contributed by atoms with Gasteiger partial charge < -0.3 is 5.11 Å². The largest absolute Gasteiger partial charge is 0.400 e. The van der Waals surface area contributed by atoms with E-state index in [1.54, 1.807) is 0 Å². The van der Waals surface area contributed by atoms with Crippen LogP contribution in [0.15, 0.2) is 0 Å². The fraction of sp³-hybridized carbons (Fsp3) is 1.00. The summed E-state index contributed by atoms with van der Waals surface area (Å²) in [6, 6.07) is 1.36. The van der Waals surface area contributed by atoms with Crippen LogP contribution in [0.2, 0.25) is 6.04 Å². The van der Waals surface area contributed by atoms with Crippen molar-refractivity contribution in [3.05, 3.63) is 0 Å². The first-order valence-corrected chi connectivity index (χ1v) is 12.0. The number of hydrogen-bond donors (Lipinski definition) is 1. The molecule has 0 saturated heterocycles. The fourth-order valence-corrected chi connectivity index (χ4v) is 3.94. The Labute approximate surface area is 137 Å². The Balaban J connectivity index is 2.90. The normalized spacial score (nSPS) is 11.7. The second-order valence-electron chi connectivity index (χ2n) is 6.73. The van der Waals surface area contributed by atoms with E-state index in [0.717, 1.165) is 0 Å². The maximum Gasteiger partial charge on any atom is 0.0512 e. The molecular weight excluding hydrogens is 272 g/mol. The van der Waals surface area contributed by atoms with E-state index < -0.39 is 0 Å². The van der Waals surface area contributed by atoms with Crippen molar-refractivity contribution >= 4 is 9.52 Å². The summed E-state index contributed by atoms with van der Waals surface area (Å²) in [5, 5.41) is 8.75. The zero-order chi connectivity index (χ0) is 15.4. The molecule has 21 heavy (non-hydrogen) atoms. The van der Waals surface area contributed by atoms with E-state index >= 15 is 0 Å². The van der Waals surface area contributed by atoms with E-state index in [1.807, 2.05) is 0 Å². The predicted molar refractivity (Wildman–Crippen MR) is 100.0 cm³/mol. The van der Waals surface area contributed by atoms with Gasteiger partial charge in [0.05, 0.1) is 9.52 Å². The maximum atomic E-state index is 8.75. The first-order valence-electron chi connectivity index (χ1n) is 10.0. The van der Waals surface area contributed by atoms with Crippen LogP contribution in [0, 0.1) is 0 Å². The molecule has 0 fully saturated rings. The first kappa shape index (κ1) is 21.2. The molecule has 0 aromatic carbocycles. The van der Waals surface area contributed by atoms with Crippen LogP contribution in [-0.4, -0.2) is 20.9 Å². The lowest BCUT2D eigenvalue weighted by atomic mass is 10.0. The first-order chi connectivity index (χ1) is 10.4. The quantitative estimate of drug-likeness (QED) is 0.251. The molecule has 128 valence electrons. The smallest absolute Gasteiger partial charge is 0.0512 e. The molecular formula is C19H42OSi. The predicted octanol–water partition coefficient (Wildman–Crippen LogP) is 5.78. The zero-order valence-corrected chi connectivity index (χ0v) is 16.3. The summed E-state index contributed by atoms with van der Waals surface area (Å²) in [7, 11) is -0.0874. The van der Waals surface area contributed by atoms with Gasteiger partial charge in [-0.15, -0.1) is 0 Å². The zero-order valence-electron chi connectivity index (χ0n) is 14.9. The molecule has 2 heteroatoms. The molecule has 0 spiro atoms. The Hall–Kier alpha value is 0.177. The minimum atomic E-state index is -0.0874. The third-order valence-corrected chi connectivity index (χ3v) is 5.83. The molecule has 0 amide bonds. The second-order valence-corrected chi connectivity index (χ2v) is 8.60. The standard InChI is InChI=1S/C19H42OSi/c1-2-3-4-5-6-7-8-9-10-11-12-13-14-15-16-17-18-21-19-20/h20H,2-19,21H2,1H3. The van der Waals surface area contributed by atoms with Crippen molar-refractivity contribution in [3.8, 4) is 0 Å². The van der Waals surface area contributed by atoms with E-state index in [4.69, 9.17) is 5.11 Å². The van der Waals surface area contributed by atoms with Crippen molar-refractivity contribution in [1.29, 1.82) is 0 Å². The van der Waals surface area contributed by atoms with Crippen LogP contribution in [0.5, 0.6) is 0 Å². The third kappa shape index (κ3) is 20.2. The summed E-state index contributed by atoms with van der Waals surface area (Å²) >= 11 is 0. The Morgan fingerprint density at radius 2 is 0.857 bits per heavy atom. The van der Waals surface area contributed by atoms with E-state index in [2.05, 4.69) is 6.92 Å². The Bertz CT molecular complexity index is 155. The molecule has 0 aliphatic rings. The number of hydrogen-bond acceptors (Lipinski definition) is 1. The highest BCUT2D eigenvalue weighted by Gasteiger charge is 1.94. The molecule has 0 rings (SSSR count). The van der Waals surface area contributed by atoms with Crippen LogP contribution in [0.4, 0.5) is 0 Å². The number of rotatable bonds is 18. The van der Waals surface area contributed by atoms with Crippen molar-refractivity contribution in [3.63, 3.8) is 0 Å². The van der Waals surface area contributed by atoms with Gasteiger partial charge in [-0.25, -0.2) is 0 Å². The molecule has 0 bridgehead atoms. The van der Waals surface area contributed by atoms with Crippen LogP contribution in [0.25, 0.3) is 0 Å². The van der Waals surface area contributed by atoms with Crippen molar-refractivity contribution in [2.24, 2.45) is 0 Å². The van der Waals surface area contributed by atoms with E-state index in [1.165, 1.54) is 109 Å². The van der Waals surface area contributed by atoms with E-state index in [0.29, 0.717) is 6.23 Å². The molecule has 0 heterocycles. The third-order valence-electron chi connectivity index (χ3n) is 4.51. The molecule has 1 N–H and O–H groups in total. The highest BCUT2D eigenvalue weighted by atomic mass is 28.2. The lowest BCUT2D eigenvalue weighted by molar-refractivity contribution is 0.365. The molecule has 0 aliphatic carbocycles.